The minimum Gasteiger partial charge on any atom is -0.487 e. The third kappa shape index (κ3) is 5.93. The van der Waals surface area contributed by atoms with Gasteiger partial charge in [-0.1, -0.05) is 39.7 Å². The largest absolute Gasteiger partial charge is 0.487 e. The maximum atomic E-state index is 13.3. The van der Waals surface area contributed by atoms with Crippen molar-refractivity contribution in [2.75, 3.05) is 12.0 Å². The first-order valence-electron chi connectivity index (χ1n) is 10.6. The highest BCUT2D eigenvalue weighted by atomic mass is 79.9. The van der Waals surface area contributed by atoms with E-state index in [1.54, 1.807) is 24.3 Å². The van der Waals surface area contributed by atoms with Gasteiger partial charge in [-0.25, -0.2) is 14.5 Å². The second-order valence-electron chi connectivity index (χ2n) is 7.72. The topological polar surface area (TPSA) is 102 Å². The molecule has 4 rings (SSSR count). The summed E-state index contributed by atoms with van der Waals surface area (Å²) in [7, 11) is 1.24. The van der Waals surface area contributed by atoms with Crippen LogP contribution < -0.4 is 15.0 Å². The lowest BCUT2D eigenvalue weighted by molar-refractivity contribution is -0.122. The number of barbiturate groups is 1. The Morgan fingerprint density at radius 1 is 1.03 bits per heavy atom. The van der Waals surface area contributed by atoms with Gasteiger partial charge in [-0.3, -0.25) is 14.9 Å². The minimum absolute atomic E-state index is 0.170. The first-order chi connectivity index (χ1) is 17.7. The van der Waals surface area contributed by atoms with Crippen LogP contribution >= 0.6 is 43.5 Å². The molecule has 0 saturated carbocycles. The summed E-state index contributed by atoms with van der Waals surface area (Å²) in [4.78, 5) is 51.1. The van der Waals surface area contributed by atoms with Crippen LogP contribution in [-0.4, -0.2) is 30.9 Å². The summed E-state index contributed by atoms with van der Waals surface area (Å²) in [5.41, 5.74) is 1.41. The number of urea groups is 1. The van der Waals surface area contributed by atoms with Gasteiger partial charge in [0.1, 0.15) is 17.9 Å². The van der Waals surface area contributed by atoms with Gasteiger partial charge >= 0.3 is 12.0 Å². The lowest BCUT2D eigenvalue weighted by atomic mass is 10.1. The molecule has 0 aromatic heterocycles. The Morgan fingerprint density at radius 3 is 2.35 bits per heavy atom. The van der Waals surface area contributed by atoms with Crippen LogP contribution in [0.25, 0.3) is 6.08 Å². The fraction of sp³-hybridized carbons (Fsp3) is 0.0769. The number of methoxy groups -OCH3 is 1. The Labute approximate surface area is 233 Å². The summed E-state index contributed by atoms with van der Waals surface area (Å²) >= 11 is 12.8. The predicted molar refractivity (Wildman–Crippen MR) is 144 cm³/mol. The van der Waals surface area contributed by atoms with Crippen molar-refractivity contribution in [2.45, 2.75) is 6.61 Å². The van der Waals surface area contributed by atoms with E-state index in [4.69, 9.17) is 16.3 Å². The van der Waals surface area contributed by atoms with Gasteiger partial charge in [0.15, 0.2) is 0 Å². The predicted octanol–water partition coefficient (Wildman–Crippen LogP) is 5.90. The number of rotatable bonds is 6. The molecule has 1 saturated heterocycles. The van der Waals surface area contributed by atoms with E-state index < -0.39 is 23.8 Å². The van der Waals surface area contributed by atoms with Crippen molar-refractivity contribution in [3.8, 4) is 5.75 Å². The number of carbonyl (C=O) groups excluding carboxylic acids is 4. The fourth-order valence-corrected chi connectivity index (χ4v) is 4.99. The number of anilines is 1. The summed E-state index contributed by atoms with van der Waals surface area (Å²) in [6, 6.07) is 15.3. The van der Waals surface area contributed by atoms with Crippen molar-refractivity contribution >= 4 is 79.0 Å². The van der Waals surface area contributed by atoms with Gasteiger partial charge in [-0.05, 0) is 76.1 Å². The number of esters is 1. The molecule has 0 bridgehead atoms. The molecule has 1 heterocycles. The van der Waals surface area contributed by atoms with E-state index in [2.05, 4.69) is 41.9 Å². The Hall–Kier alpha value is -3.47. The molecule has 8 nitrogen and oxygen atoms in total. The van der Waals surface area contributed by atoms with Crippen molar-refractivity contribution in [3.05, 3.63) is 96.9 Å². The fourth-order valence-electron chi connectivity index (χ4n) is 3.49. The normalized spacial score (nSPS) is 14.5. The summed E-state index contributed by atoms with van der Waals surface area (Å²) in [5, 5.41) is 2.78. The van der Waals surface area contributed by atoms with Crippen LogP contribution in [0, 0.1) is 0 Å². The van der Waals surface area contributed by atoms with Gasteiger partial charge in [-0.2, -0.15) is 0 Å². The number of ether oxygens (including phenoxy) is 2. The van der Waals surface area contributed by atoms with Crippen molar-refractivity contribution in [1.82, 2.24) is 5.32 Å². The molecule has 4 amide bonds. The van der Waals surface area contributed by atoms with Gasteiger partial charge in [0, 0.05) is 15.1 Å². The van der Waals surface area contributed by atoms with Crippen LogP contribution in [0.3, 0.4) is 0 Å². The molecule has 0 radical (unpaired) electrons. The average Bonchev–Trinajstić information content (AvgIpc) is 2.86. The number of carbonyl (C=O) groups is 4. The van der Waals surface area contributed by atoms with E-state index in [0.717, 1.165) is 10.5 Å². The highest BCUT2D eigenvalue weighted by Crippen LogP contribution is 2.36. The summed E-state index contributed by atoms with van der Waals surface area (Å²) in [6.07, 6.45) is 1.35. The van der Waals surface area contributed by atoms with Gasteiger partial charge < -0.3 is 9.47 Å². The van der Waals surface area contributed by atoms with Crippen LogP contribution in [0.1, 0.15) is 21.5 Å². The number of hydrogen-bond donors (Lipinski definition) is 1. The molecule has 1 aliphatic rings. The number of amides is 4. The molecular formula is C26H17Br2ClN2O6. The molecule has 0 spiro atoms. The van der Waals surface area contributed by atoms with Crippen LogP contribution in [0.15, 0.2) is 75.2 Å². The zero-order valence-corrected chi connectivity index (χ0v) is 23.0. The first-order valence-corrected chi connectivity index (χ1v) is 12.6. The SMILES string of the molecule is COC(=O)c1ccc(N2C(=O)NC(=O)/C(=C\c3cc(Br)cc(Br)c3OCc3ccc(Cl)cc3)C2=O)cc1. The van der Waals surface area contributed by atoms with Gasteiger partial charge in [-0.15, -0.1) is 0 Å². The summed E-state index contributed by atoms with van der Waals surface area (Å²) in [6.45, 7) is 0.199. The molecule has 0 atom stereocenters. The molecule has 0 aliphatic carbocycles. The number of imide groups is 2. The van der Waals surface area contributed by atoms with E-state index in [1.807, 2.05) is 12.1 Å². The average molecular weight is 649 g/mol. The minimum atomic E-state index is -0.910. The number of hydrogen-bond acceptors (Lipinski definition) is 6. The number of benzene rings is 3. The molecule has 1 aliphatic heterocycles. The lowest BCUT2D eigenvalue weighted by Crippen LogP contribution is -2.54. The van der Waals surface area contributed by atoms with Crippen LogP contribution in [0.4, 0.5) is 10.5 Å². The van der Waals surface area contributed by atoms with Gasteiger partial charge in [0.05, 0.1) is 22.8 Å². The highest BCUT2D eigenvalue weighted by molar-refractivity contribution is 9.11. The van der Waals surface area contributed by atoms with E-state index in [0.29, 0.717) is 25.3 Å². The molecular weight excluding hydrogens is 632 g/mol. The maximum Gasteiger partial charge on any atom is 0.337 e. The quantitative estimate of drug-likeness (QED) is 0.203. The lowest BCUT2D eigenvalue weighted by Gasteiger charge is -2.26. The molecule has 37 heavy (non-hydrogen) atoms. The second-order valence-corrected chi connectivity index (χ2v) is 9.92. The zero-order valence-electron chi connectivity index (χ0n) is 19.1. The standard InChI is InChI=1S/C26H17Br2ClN2O6/c1-36-25(34)15-4-8-19(9-5-15)31-24(33)20(23(32)30-26(31)35)11-16-10-17(27)12-21(28)22(16)37-13-14-2-6-18(29)7-3-14/h2-12H,13H2,1H3,(H,30,32,35)/b20-11+. The molecule has 1 fully saturated rings. The maximum absolute atomic E-state index is 13.3. The number of nitrogens with zero attached hydrogens (tertiary/aromatic N) is 1. The van der Waals surface area contributed by atoms with Crippen LogP contribution in [0.2, 0.25) is 5.02 Å². The molecule has 1 N–H and O–H groups in total. The van der Waals surface area contributed by atoms with E-state index in [9.17, 15) is 19.2 Å². The van der Waals surface area contributed by atoms with E-state index >= 15 is 0 Å². The van der Waals surface area contributed by atoms with Crippen molar-refractivity contribution in [3.63, 3.8) is 0 Å². The molecule has 3 aromatic rings. The summed E-state index contributed by atoms with van der Waals surface area (Å²) < 4.78 is 11.9. The van der Waals surface area contributed by atoms with Crippen LogP contribution in [-0.2, 0) is 20.9 Å². The van der Waals surface area contributed by atoms with E-state index in [1.165, 1.54) is 37.5 Å². The smallest absolute Gasteiger partial charge is 0.337 e. The number of nitrogens with one attached hydrogen (secondary N) is 1. The first kappa shape index (κ1) is 26.6. The monoisotopic (exact) mass is 646 g/mol. The molecule has 11 heteroatoms. The Balaban J connectivity index is 1.68. The zero-order chi connectivity index (χ0) is 26.7. The second kappa shape index (κ2) is 11.3. The van der Waals surface area contributed by atoms with Crippen molar-refractivity contribution < 1.29 is 28.7 Å². The van der Waals surface area contributed by atoms with Crippen molar-refractivity contribution in [2.24, 2.45) is 0 Å². The van der Waals surface area contributed by atoms with Gasteiger partial charge in [0.25, 0.3) is 11.8 Å². The molecule has 188 valence electrons. The third-order valence-corrected chi connectivity index (χ3v) is 6.58. The Kier molecular flexibility index (Phi) is 8.11. The number of halogens is 3. The summed E-state index contributed by atoms with van der Waals surface area (Å²) in [5.74, 6) is -1.86. The Morgan fingerprint density at radius 2 is 1.70 bits per heavy atom. The Bertz CT molecular complexity index is 1440. The highest BCUT2D eigenvalue weighted by Gasteiger charge is 2.37. The van der Waals surface area contributed by atoms with E-state index in [-0.39, 0.29) is 23.4 Å². The molecule has 3 aromatic carbocycles. The van der Waals surface area contributed by atoms with Crippen molar-refractivity contribution in [1.29, 1.82) is 0 Å². The molecule has 0 unspecified atom stereocenters. The van der Waals surface area contributed by atoms with Crippen LogP contribution in [0.5, 0.6) is 5.75 Å². The third-order valence-electron chi connectivity index (χ3n) is 5.28. The van der Waals surface area contributed by atoms with Gasteiger partial charge in [0.2, 0.25) is 0 Å².